The molecule has 6 heteroatoms. The molecule has 0 aliphatic rings. The first-order valence-electron chi connectivity index (χ1n) is 7.80. The third-order valence-electron chi connectivity index (χ3n) is 4.00. The maximum Gasteiger partial charge on any atom is 0.279 e. The van der Waals surface area contributed by atoms with Crippen LogP contribution >= 0.6 is 0 Å². The number of amides is 1. The number of hydrogen-bond acceptors (Lipinski definition) is 5. The molecule has 0 fully saturated rings. The molecule has 0 aliphatic heterocycles. The first kappa shape index (κ1) is 16.7. The second-order valence-corrected chi connectivity index (χ2v) is 5.69. The van der Waals surface area contributed by atoms with Gasteiger partial charge in [0.15, 0.2) is 5.69 Å². The van der Waals surface area contributed by atoms with E-state index in [0.717, 1.165) is 11.1 Å². The Morgan fingerprint density at radius 3 is 2.08 bits per heavy atom. The standard InChI is InChI=1S/C19H19N3O3/c1-11-9-15-16(10-12(11)2)22-19(25-4)17(21-15)18(23)20-13-5-7-14(24-3)8-6-13/h5-10H,1-4H3,(H,20,23). The van der Waals surface area contributed by atoms with E-state index in [0.29, 0.717) is 22.5 Å². The number of hydrogen-bond donors (Lipinski definition) is 1. The molecule has 2 aromatic carbocycles. The molecular weight excluding hydrogens is 318 g/mol. The lowest BCUT2D eigenvalue weighted by Crippen LogP contribution is -2.16. The van der Waals surface area contributed by atoms with Gasteiger partial charge in [0.25, 0.3) is 5.91 Å². The zero-order chi connectivity index (χ0) is 18.0. The van der Waals surface area contributed by atoms with Gasteiger partial charge in [0.2, 0.25) is 5.88 Å². The molecule has 1 N–H and O–H groups in total. The molecule has 3 aromatic rings. The maximum absolute atomic E-state index is 12.6. The van der Waals surface area contributed by atoms with Crippen LogP contribution in [0.2, 0.25) is 0 Å². The summed E-state index contributed by atoms with van der Waals surface area (Å²) in [5.74, 6) is 0.531. The van der Waals surface area contributed by atoms with Crippen LogP contribution in [0.4, 0.5) is 5.69 Å². The summed E-state index contributed by atoms with van der Waals surface area (Å²) < 4.78 is 10.4. The molecule has 25 heavy (non-hydrogen) atoms. The Bertz CT molecular complexity index is 937. The van der Waals surface area contributed by atoms with Crippen molar-refractivity contribution >= 4 is 22.6 Å². The van der Waals surface area contributed by atoms with Crippen LogP contribution in [0.5, 0.6) is 11.6 Å². The second kappa shape index (κ2) is 6.76. The molecule has 1 heterocycles. The molecule has 128 valence electrons. The van der Waals surface area contributed by atoms with Gasteiger partial charge in [0.05, 0.1) is 25.3 Å². The highest BCUT2D eigenvalue weighted by Crippen LogP contribution is 2.23. The summed E-state index contributed by atoms with van der Waals surface area (Å²) in [4.78, 5) is 21.5. The van der Waals surface area contributed by atoms with E-state index >= 15 is 0 Å². The molecular formula is C19H19N3O3. The van der Waals surface area contributed by atoms with Crippen molar-refractivity contribution in [2.45, 2.75) is 13.8 Å². The number of nitrogens with one attached hydrogen (secondary N) is 1. The fourth-order valence-electron chi connectivity index (χ4n) is 2.45. The van der Waals surface area contributed by atoms with Crippen molar-refractivity contribution in [1.82, 2.24) is 9.97 Å². The van der Waals surface area contributed by atoms with Crippen LogP contribution in [0.25, 0.3) is 11.0 Å². The van der Waals surface area contributed by atoms with E-state index in [1.54, 1.807) is 31.4 Å². The molecule has 3 rings (SSSR count). The van der Waals surface area contributed by atoms with Gasteiger partial charge >= 0.3 is 0 Å². The molecule has 1 amide bonds. The Kier molecular flexibility index (Phi) is 4.52. The molecule has 0 saturated heterocycles. The molecule has 0 spiro atoms. The second-order valence-electron chi connectivity index (χ2n) is 5.69. The zero-order valence-electron chi connectivity index (χ0n) is 14.6. The lowest BCUT2D eigenvalue weighted by Gasteiger charge is -2.10. The number of ether oxygens (including phenoxy) is 2. The summed E-state index contributed by atoms with van der Waals surface area (Å²) in [5, 5.41) is 2.80. The number of methoxy groups -OCH3 is 2. The average Bonchev–Trinajstić information content (AvgIpc) is 2.62. The molecule has 0 saturated carbocycles. The minimum atomic E-state index is -0.380. The van der Waals surface area contributed by atoms with E-state index in [1.165, 1.54) is 7.11 Å². The van der Waals surface area contributed by atoms with Gasteiger partial charge in [-0.3, -0.25) is 4.79 Å². The third-order valence-corrected chi connectivity index (χ3v) is 4.00. The van der Waals surface area contributed by atoms with Gasteiger partial charge in [0.1, 0.15) is 5.75 Å². The number of rotatable bonds is 4. The molecule has 0 bridgehead atoms. The summed E-state index contributed by atoms with van der Waals surface area (Å²) in [6.07, 6.45) is 0. The first-order chi connectivity index (χ1) is 12.0. The summed E-state index contributed by atoms with van der Waals surface area (Å²) in [6, 6.07) is 10.9. The van der Waals surface area contributed by atoms with E-state index in [2.05, 4.69) is 15.3 Å². The van der Waals surface area contributed by atoms with E-state index in [4.69, 9.17) is 9.47 Å². The van der Waals surface area contributed by atoms with Crippen molar-refractivity contribution < 1.29 is 14.3 Å². The highest BCUT2D eigenvalue weighted by atomic mass is 16.5. The minimum Gasteiger partial charge on any atom is -0.497 e. The zero-order valence-corrected chi connectivity index (χ0v) is 14.6. The smallest absolute Gasteiger partial charge is 0.279 e. The Labute approximate surface area is 145 Å². The number of carbonyl (C=O) groups excluding carboxylic acids is 1. The van der Waals surface area contributed by atoms with Gasteiger partial charge in [-0.25, -0.2) is 9.97 Å². The number of aryl methyl sites for hydroxylation is 2. The Balaban J connectivity index is 1.97. The highest BCUT2D eigenvalue weighted by Gasteiger charge is 2.18. The van der Waals surface area contributed by atoms with Gasteiger partial charge in [-0.05, 0) is 61.4 Å². The van der Waals surface area contributed by atoms with Crippen molar-refractivity contribution in [3.63, 3.8) is 0 Å². The van der Waals surface area contributed by atoms with Crippen LogP contribution in [0.15, 0.2) is 36.4 Å². The summed E-state index contributed by atoms with van der Waals surface area (Å²) in [7, 11) is 3.06. The third kappa shape index (κ3) is 3.38. The fourth-order valence-corrected chi connectivity index (χ4v) is 2.45. The van der Waals surface area contributed by atoms with E-state index in [1.807, 2.05) is 26.0 Å². The monoisotopic (exact) mass is 337 g/mol. The number of aromatic nitrogens is 2. The fraction of sp³-hybridized carbons (Fsp3) is 0.211. The molecule has 0 atom stereocenters. The largest absolute Gasteiger partial charge is 0.497 e. The highest BCUT2D eigenvalue weighted by molar-refractivity contribution is 6.05. The van der Waals surface area contributed by atoms with Crippen molar-refractivity contribution in [3.8, 4) is 11.6 Å². The number of fused-ring (bicyclic) bond motifs is 1. The quantitative estimate of drug-likeness (QED) is 0.788. The minimum absolute atomic E-state index is 0.147. The number of anilines is 1. The Morgan fingerprint density at radius 1 is 0.920 bits per heavy atom. The van der Waals surface area contributed by atoms with Crippen LogP contribution in [-0.2, 0) is 0 Å². The van der Waals surface area contributed by atoms with Gasteiger partial charge in [-0.1, -0.05) is 0 Å². The Morgan fingerprint density at radius 2 is 1.52 bits per heavy atom. The van der Waals surface area contributed by atoms with Gasteiger partial charge in [0, 0.05) is 5.69 Å². The maximum atomic E-state index is 12.6. The number of carbonyl (C=O) groups is 1. The van der Waals surface area contributed by atoms with Crippen molar-refractivity contribution in [2.75, 3.05) is 19.5 Å². The van der Waals surface area contributed by atoms with E-state index in [-0.39, 0.29) is 17.5 Å². The van der Waals surface area contributed by atoms with Gasteiger partial charge in [-0.2, -0.15) is 0 Å². The van der Waals surface area contributed by atoms with Crippen LogP contribution in [0, 0.1) is 13.8 Å². The number of nitrogens with zero attached hydrogens (tertiary/aromatic N) is 2. The summed E-state index contributed by atoms with van der Waals surface area (Å²) in [6.45, 7) is 4.00. The van der Waals surface area contributed by atoms with Gasteiger partial charge in [-0.15, -0.1) is 0 Å². The van der Waals surface area contributed by atoms with E-state index < -0.39 is 0 Å². The normalized spacial score (nSPS) is 10.6. The molecule has 0 radical (unpaired) electrons. The number of benzene rings is 2. The molecule has 0 aliphatic carbocycles. The van der Waals surface area contributed by atoms with Crippen LogP contribution in [0.1, 0.15) is 21.6 Å². The lowest BCUT2D eigenvalue weighted by molar-refractivity contribution is 0.101. The van der Waals surface area contributed by atoms with Crippen molar-refractivity contribution in [3.05, 3.63) is 53.2 Å². The van der Waals surface area contributed by atoms with Crippen LogP contribution in [-0.4, -0.2) is 30.1 Å². The van der Waals surface area contributed by atoms with E-state index in [9.17, 15) is 4.79 Å². The predicted molar refractivity (Wildman–Crippen MR) is 96.5 cm³/mol. The predicted octanol–water partition coefficient (Wildman–Crippen LogP) is 3.52. The Hall–Kier alpha value is -3.15. The van der Waals surface area contributed by atoms with Crippen LogP contribution in [0.3, 0.4) is 0 Å². The molecule has 1 aromatic heterocycles. The van der Waals surface area contributed by atoms with Gasteiger partial charge < -0.3 is 14.8 Å². The topological polar surface area (TPSA) is 73.3 Å². The average molecular weight is 337 g/mol. The van der Waals surface area contributed by atoms with Crippen molar-refractivity contribution in [1.29, 1.82) is 0 Å². The summed E-state index contributed by atoms with van der Waals surface area (Å²) >= 11 is 0. The lowest BCUT2D eigenvalue weighted by atomic mass is 10.1. The first-order valence-corrected chi connectivity index (χ1v) is 7.80. The molecule has 6 nitrogen and oxygen atoms in total. The molecule has 0 unspecified atom stereocenters. The summed E-state index contributed by atoms with van der Waals surface area (Å²) in [5.41, 5.74) is 4.33. The SMILES string of the molecule is COc1ccc(NC(=O)c2nc3cc(C)c(C)cc3nc2OC)cc1. The van der Waals surface area contributed by atoms with Crippen LogP contribution < -0.4 is 14.8 Å². The van der Waals surface area contributed by atoms with Crippen molar-refractivity contribution in [2.24, 2.45) is 0 Å².